The molecular formula is C10H8BF3N-. The molecule has 0 spiro atoms. The normalized spacial score (nSPS) is 11.9. The van der Waals surface area contributed by atoms with E-state index in [4.69, 9.17) is 5.73 Å². The Kier molecular flexibility index (Phi) is 2.10. The zero-order valence-electron chi connectivity index (χ0n) is 7.75. The summed E-state index contributed by atoms with van der Waals surface area (Å²) in [4.78, 5) is 0. The lowest BCUT2D eigenvalue weighted by Crippen LogP contribution is -2.33. The van der Waals surface area contributed by atoms with Crippen LogP contribution in [0.2, 0.25) is 0 Å². The third-order valence-electron chi connectivity index (χ3n) is 2.27. The van der Waals surface area contributed by atoms with Crippen molar-refractivity contribution >= 4 is 28.9 Å². The molecule has 0 aromatic heterocycles. The van der Waals surface area contributed by atoms with Crippen molar-refractivity contribution in [1.82, 2.24) is 0 Å². The topological polar surface area (TPSA) is 26.0 Å². The molecule has 0 saturated heterocycles. The molecule has 0 aliphatic carbocycles. The van der Waals surface area contributed by atoms with E-state index in [9.17, 15) is 12.9 Å². The molecule has 0 aliphatic heterocycles. The zero-order valence-corrected chi connectivity index (χ0v) is 7.75. The molecule has 0 atom stereocenters. The number of rotatable bonds is 1. The molecule has 0 heterocycles. The third-order valence-corrected chi connectivity index (χ3v) is 2.27. The summed E-state index contributed by atoms with van der Waals surface area (Å²) >= 11 is 0. The molecular weight excluding hydrogens is 202 g/mol. The third kappa shape index (κ3) is 1.91. The van der Waals surface area contributed by atoms with Crippen LogP contribution in [0.4, 0.5) is 18.6 Å². The monoisotopic (exact) mass is 210 g/mol. The lowest BCUT2D eigenvalue weighted by atomic mass is 9.79. The molecule has 1 nitrogen and oxygen atoms in total. The number of nitrogens with two attached hydrogens (primary N) is 1. The first-order valence-corrected chi connectivity index (χ1v) is 4.46. The fourth-order valence-electron chi connectivity index (χ4n) is 1.49. The molecule has 2 N–H and O–H groups in total. The van der Waals surface area contributed by atoms with Gasteiger partial charge in [0.05, 0.1) is 0 Å². The van der Waals surface area contributed by atoms with E-state index in [1.54, 1.807) is 18.2 Å². The van der Waals surface area contributed by atoms with Crippen LogP contribution in [0.25, 0.3) is 10.8 Å². The van der Waals surface area contributed by atoms with Crippen molar-refractivity contribution in [1.29, 1.82) is 0 Å². The van der Waals surface area contributed by atoms with Gasteiger partial charge in [-0.1, -0.05) is 24.3 Å². The summed E-state index contributed by atoms with van der Waals surface area (Å²) in [7, 11) is 0. The van der Waals surface area contributed by atoms with Gasteiger partial charge in [0.15, 0.2) is 0 Å². The van der Waals surface area contributed by atoms with Gasteiger partial charge in [0.1, 0.15) is 0 Å². The average Bonchev–Trinajstić information content (AvgIpc) is 2.15. The summed E-state index contributed by atoms with van der Waals surface area (Å²) < 4.78 is 37.3. The van der Waals surface area contributed by atoms with E-state index >= 15 is 0 Å². The van der Waals surface area contributed by atoms with E-state index in [-0.39, 0.29) is 0 Å². The van der Waals surface area contributed by atoms with E-state index in [1.165, 1.54) is 6.07 Å². The van der Waals surface area contributed by atoms with Crippen LogP contribution in [0.5, 0.6) is 0 Å². The van der Waals surface area contributed by atoms with Crippen LogP contribution in [-0.4, -0.2) is 6.98 Å². The fraction of sp³-hybridized carbons (Fsp3) is 0. The molecule has 2 aromatic rings. The Morgan fingerprint density at radius 2 is 1.47 bits per heavy atom. The summed E-state index contributed by atoms with van der Waals surface area (Å²) in [6, 6.07) is 8.51. The quantitative estimate of drug-likeness (QED) is 0.567. The van der Waals surface area contributed by atoms with Crippen LogP contribution >= 0.6 is 0 Å². The summed E-state index contributed by atoms with van der Waals surface area (Å²) in [6.07, 6.45) is 0. The lowest BCUT2D eigenvalue weighted by Gasteiger charge is -2.15. The highest BCUT2D eigenvalue weighted by Gasteiger charge is 2.25. The second-order valence-corrected chi connectivity index (χ2v) is 3.44. The van der Waals surface area contributed by atoms with Crippen molar-refractivity contribution in [3.63, 3.8) is 0 Å². The van der Waals surface area contributed by atoms with Gasteiger partial charge in [0, 0.05) is 5.69 Å². The maximum absolute atomic E-state index is 12.4. The molecule has 0 amide bonds. The predicted molar refractivity (Wildman–Crippen MR) is 57.1 cm³/mol. The Hall–Kier alpha value is -1.65. The molecule has 0 radical (unpaired) electrons. The van der Waals surface area contributed by atoms with Crippen molar-refractivity contribution in [2.45, 2.75) is 0 Å². The van der Waals surface area contributed by atoms with Crippen LogP contribution in [0, 0.1) is 0 Å². The van der Waals surface area contributed by atoms with Crippen LogP contribution in [0.3, 0.4) is 0 Å². The van der Waals surface area contributed by atoms with Crippen LogP contribution in [0.1, 0.15) is 0 Å². The van der Waals surface area contributed by atoms with E-state index < -0.39 is 12.4 Å². The van der Waals surface area contributed by atoms with Crippen molar-refractivity contribution in [3.8, 4) is 0 Å². The van der Waals surface area contributed by atoms with Crippen LogP contribution in [-0.2, 0) is 0 Å². The van der Waals surface area contributed by atoms with E-state index in [1.807, 2.05) is 0 Å². The number of hydrogen-bond donors (Lipinski definition) is 1. The van der Waals surface area contributed by atoms with Gasteiger partial charge in [-0.2, -0.15) is 0 Å². The van der Waals surface area contributed by atoms with Gasteiger partial charge in [-0.3, -0.25) is 0 Å². The Labute approximate surface area is 84.8 Å². The van der Waals surface area contributed by atoms with Gasteiger partial charge in [0.25, 0.3) is 0 Å². The molecule has 0 unspecified atom stereocenters. The maximum Gasteiger partial charge on any atom is 0.509 e. The molecule has 15 heavy (non-hydrogen) atoms. The maximum atomic E-state index is 12.4. The highest BCUT2D eigenvalue weighted by atomic mass is 19.4. The highest BCUT2D eigenvalue weighted by Crippen LogP contribution is 2.18. The minimum atomic E-state index is -4.93. The number of nitrogen functional groups attached to an aromatic ring is 1. The molecule has 0 saturated carbocycles. The second-order valence-electron chi connectivity index (χ2n) is 3.44. The summed E-state index contributed by atoms with van der Waals surface area (Å²) in [5, 5.41) is 1.28. The summed E-state index contributed by atoms with van der Waals surface area (Å²) in [5.41, 5.74) is 5.50. The minimum Gasteiger partial charge on any atom is -0.445 e. The smallest absolute Gasteiger partial charge is 0.445 e. The number of hydrogen-bond acceptors (Lipinski definition) is 1. The number of benzene rings is 2. The SMILES string of the molecule is Nc1ccc2cc([B-](F)(F)F)ccc2c1. The summed E-state index contributed by atoms with van der Waals surface area (Å²) in [6.45, 7) is -4.93. The second kappa shape index (κ2) is 3.19. The predicted octanol–water partition coefficient (Wildman–Crippen LogP) is 2.48. The number of fused-ring (bicyclic) bond motifs is 1. The van der Waals surface area contributed by atoms with Crippen LogP contribution < -0.4 is 11.2 Å². The molecule has 78 valence electrons. The first kappa shape index (κ1) is 9.89. The standard InChI is InChI=1S/C10H8BF3N/c12-11(13,14)9-3-1-8-6-10(15)4-2-7(8)5-9/h1-6H,15H2/q-1. The van der Waals surface area contributed by atoms with Gasteiger partial charge >= 0.3 is 6.98 Å². The van der Waals surface area contributed by atoms with Crippen molar-refractivity contribution in [2.24, 2.45) is 0 Å². The van der Waals surface area contributed by atoms with Gasteiger partial charge in [-0.05, 0) is 22.9 Å². The molecule has 0 fully saturated rings. The molecule has 0 bridgehead atoms. The largest absolute Gasteiger partial charge is 0.509 e. The fourth-order valence-corrected chi connectivity index (χ4v) is 1.49. The Morgan fingerprint density at radius 3 is 2.13 bits per heavy atom. The first-order chi connectivity index (χ1) is 6.97. The highest BCUT2D eigenvalue weighted by molar-refractivity contribution is 6.73. The van der Waals surface area contributed by atoms with E-state index in [0.717, 1.165) is 17.5 Å². The van der Waals surface area contributed by atoms with Crippen LogP contribution in [0.15, 0.2) is 36.4 Å². The van der Waals surface area contributed by atoms with Crippen molar-refractivity contribution in [3.05, 3.63) is 36.4 Å². The summed E-state index contributed by atoms with van der Waals surface area (Å²) in [5.74, 6) is 0. The molecule has 2 aromatic carbocycles. The Bertz CT molecular complexity index is 507. The molecule has 2 rings (SSSR count). The van der Waals surface area contributed by atoms with Crippen molar-refractivity contribution < 1.29 is 12.9 Å². The number of anilines is 1. The first-order valence-electron chi connectivity index (χ1n) is 4.46. The lowest BCUT2D eigenvalue weighted by molar-refractivity contribution is 0.501. The van der Waals surface area contributed by atoms with Crippen molar-refractivity contribution in [2.75, 3.05) is 5.73 Å². The van der Waals surface area contributed by atoms with Gasteiger partial charge < -0.3 is 18.7 Å². The van der Waals surface area contributed by atoms with Gasteiger partial charge in [-0.15, -0.1) is 5.46 Å². The minimum absolute atomic E-state index is 0.549. The molecule has 0 aliphatic rings. The van der Waals surface area contributed by atoms with Gasteiger partial charge in [-0.25, -0.2) is 0 Å². The van der Waals surface area contributed by atoms with E-state index in [2.05, 4.69) is 0 Å². The Balaban J connectivity index is 2.62. The average molecular weight is 210 g/mol. The van der Waals surface area contributed by atoms with E-state index in [0.29, 0.717) is 11.1 Å². The molecule has 5 heteroatoms. The number of halogens is 3. The zero-order chi connectivity index (χ0) is 11.1. The Morgan fingerprint density at radius 1 is 0.867 bits per heavy atom. The van der Waals surface area contributed by atoms with Gasteiger partial charge in [0.2, 0.25) is 0 Å².